The summed E-state index contributed by atoms with van der Waals surface area (Å²) >= 11 is 0. The number of piperidine rings is 1. The molecule has 16 heavy (non-hydrogen) atoms. The fraction of sp³-hybridized carbons (Fsp3) is 1.00. The summed E-state index contributed by atoms with van der Waals surface area (Å²) in [6, 6.07) is 0.690. The summed E-state index contributed by atoms with van der Waals surface area (Å²) in [6.07, 6.45) is 2.84. The normalized spacial score (nSPS) is 32.4. The zero-order valence-corrected chi connectivity index (χ0v) is 11.1. The third-order valence-corrected chi connectivity index (χ3v) is 3.91. The van der Waals surface area contributed by atoms with Crippen molar-refractivity contribution in [3.63, 3.8) is 0 Å². The van der Waals surface area contributed by atoms with Gasteiger partial charge in [-0.15, -0.1) is 0 Å². The van der Waals surface area contributed by atoms with E-state index in [0.717, 1.165) is 6.54 Å². The van der Waals surface area contributed by atoms with Gasteiger partial charge in [-0.1, -0.05) is 0 Å². The average molecular weight is 226 g/mol. The Morgan fingerprint density at radius 1 is 1.25 bits per heavy atom. The molecule has 2 rings (SSSR count). The molecule has 1 N–H and O–H groups in total. The third-order valence-electron chi connectivity index (χ3n) is 3.91. The van der Waals surface area contributed by atoms with E-state index in [4.69, 9.17) is 4.74 Å². The minimum atomic E-state index is 0.0276. The molecule has 2 aliphatic heterocycles. The highest BCUT2D eigenvalue weighted by Gasteiger charge is 2.37. The molecule has 0 aromatic carbocycles. The van der Waals surface area contributed by atoms with Gasteiger partial charge in [-0.2, -0.15) is 0 Å². The second kappa shape index (κ2) is 4.63. The minimum absolute atomic E-state index is 0.0276. The molecule has 3 nitrogen and oxygen atoms in total. The lowest BCUT2D eigenvalue weighted by atomic mass is 9.94. The van der Waals surface area contributed by atoms with Crippen molar-refractivity contribution < 1.29 is 4.74 Å². The lowest BCUT2D eigenvalue weighted by Gasteiger charge is -2.36. The van der Waals surface area contributed by atoms with Crippen LogP contribution in [0, 0.1) is 5.92 Å². The fourth-order valence-electron chi connectivity index (χ4n) is 2.77. The fourth-order valence-corrected chi connectivity index (χ4v) is 2.77. The summed E-state index contributed by atoms with van der Waals surface area (Å²) in [5, 5.41) is 3.52. The third kappa shape index (κ3) is 2.76. The predicted molar refractivity (Wildman–Crippen MR) is 66.4 cm³/mol. The molecule has 0 spiro atoms. The van der Waals surface area contributed by atoms with Gasteiger partial charge in [0.05, 0.1) is 5.60 Å². The summed E-state index contributed by atoms with van der Waals surface area (Å²) < 4.78 is 6.05. The molecule has 2 saturated heterocycles. The van der Waals surface area contributed by atoms with E-state index in [0.29, 0.717) is 18.2 Å². The van der Waals surface area contributed by atoms with Gasteiger partial charge in [-0.05, 0) is 53.6 Å². The number of nitrogens with zero attached hydrogens (tertiary/aromatic N) is 1. The maximum atomic E-state index is 6.05. The Labute approximate surface area is 99.5 Å². The molecule has 0 aliphatic carbocycles. The van der Waals surface area contributed by atoms with Gasteiger partial charge in [0.15, 0.2) is 0 Å². The molecule has 2 heterocycles. The van der Waals surface area contributed by atoms with Gasteiger partial charge >= 0.3 is 0 Å². The molecule has 0 aromatic rings. The summed E-state index contributed by atoms with van der Waals surface area (Å²) in [6.45, 7) is 12.4. The standard InChI is InChI=1S/C13H26N2O/c1-10(2)15-7-5-11(6-8-15)12-14-9-13(3,4)16-12/h10-12,14H,5-9H2,1-4H3. The maximum Gasteiger partial charge on any atom is 0.111 e. The first-order valence-electron chi connectivity index (χ1n) is 6.63. The maximum absolute atomic E-state index is 6.05. The van der Waals surface area contributed by atoms with E-state index >= 15 is 0 Å². The van der Waals surface area contributed by atoms with Crippen LogP contribution in [0.5, 0.6) is 0 Å². The van der Waals surface area contributed by atoms with Crippen LogP contribution in [0.3, 0.4) is 0 Å². The first-order chi connectivity index (χ1) is 7.48. The summed E-state index contributed by atoms with van der Waals surface area (Å²) in [4.78, 5) is 2.57. The van der Waals surface area contributed by atoms with Crippen molar-refractivity contribution in [3.8, 4) is 0 Å². The lowest BCUT2D eigenvalue weighted by Crippen LogP contribution is -2.43. The first-order valence-corrected chi connectivity index (χ1v) is 6.63. The summed E-state index contributed by atoms with van der Waals surface area (Å²) in [5.74, 6) is 0.705. The Hall–Kier alpha value is -0.120. The molecule has 1 atom stereocenters. The van der Waals surface area contributed by atoms with E-state index in [1.54, 1.807) is 0 Å². The second-order valence-electron chi connectivity index (χ2n) is 6.15. The molecule has 3 heteroatoms. The molecule has 0 saturated carbocycles. The quantitative estimate of drug-likeness (QED) is 0.777. The van der Waals surface area contributed by atoms with Crippen molar-refractivity contribution in [3.05, 3.63) is 0 Å². The zero-order chi connectivity index (χ0) is 11.8. The number of nitrogens with one attached hydrogen (secondary N) is 1. The van der Waals surface area contributed by atoms with Crippen molar-refractivity contribution in [1.82, 2.24) is 10.2 Å². The Morgan fingerprint density at radius 3 is 2.31 bits per heavy atom. The van der Waals surface area contributed by atoms with Crippen LogP contribution >= 0.6 is 0 Å². The van der Waals surface area contributed by atoms with Crippen LogP contribution in [0.4, 0.5) is 0 Å². The average Bonchev–Trinajstić information content (AvgIpc) is 2.59. The van der Waals surface area contributed by atoms with Crippen LogP contribution < -0.4 is 5.32 Å². The van der Waals surface area contributed by atoms with Gasteiger partial charge in [-0.25, -0.2) is 0 Å². The predicted octanol–water partition coefficient (Wildman–Crippen LogP) is 1.83. The van der Waals surface area contributed by atoms with Crippen LogP contribution in [0.1, 0.15) is 40.5 Å². The molecular formula is C13H26N2O. The summed E-state index contributed by atoms with van der Waals surface area (Å²) in [5.41, 5.74) is 0.0276. The van der Waals surface area contributed by atoms with Gasteiger partial charge in [0.2, 0.25) is 0 Å². The van der Waals surface area contributed by atoms with Crippen molar-refractivity contribution in [2.24, 2.45) is 5.92 Å². The largest absolute Gasteiger partial charge is 0.356 e. The van der Waals surface area contributed by atoms with E-state index in [9.17, 15) is 0 Å². The van der Waals surface area contributed by atoms with Crippen molar-refractivity contribution >= 4 is 0 Å². The Kier molecular flexibility index (Phi) is 3.57. The van der Waals surface area contributed by atoms with E-state index in [1.165, 1.54) is 25.9 Å². The molecular weight excluding hydrogens is 200 g/mol. The monoisotopic (exact) mass is 226 g/mol. The van der Waals surface area contributed by atoms with E-state index in [2.05, 4.69) is 37.9 Å². The number of likely N-dealkylation sites (tertiary alicyclic amines) is 1. The molecule has 0 aromatic heterocycles. The molecule has 0 amide bonds. The number of hydrogen-bond acceptors (Lipinski definition) is 3. The lowest BCUT2D eigenvalue weighted by molar-refractivity contribution is -0.0558. The molecule has 94 valence electrons. The van der Waals surface area contributed by atoms with E-state index in [1.807, 2.05) is 0 Å². The smallest absolute Gasteiger partial charge is 0.111 e. The number of rotatable bonds is 2. The Balaban J connectivity index is 1.81. The van der Waals surface area contributed by atoms with Gasteiger partial charge in [0.1, 0.15) is 6.23 Å². The van der Waals surface area contributed by atoms with Crippen LogP contribution in [-0.4, -0.2) is 42.4 Å². The second-order valence-corrected chi connectivity index (χ2v) is 6.15. The van der Waals surface area contributed by atoms with E-state index in [-0.39, 0.29) is 5.60 Å². The minimum Gasteiger partial charge on any atom is -0.356 e. The molecule has 0 bridgehead atoms. The highest BCUT2D eigenvalue weighted by Crippen LogP contribution is 2.28. The molecule has 2 aliphatic rings. The van der Waals surface area contributed by atoms with E-state index < -0.39 is 0 Å². The molecule has 1 unspecified atom stereocenters. The van der Waals surface area contributed by atoms with Crippen molar-refractivity contribution in [2.45, 2.75) is 58.4 Å². The highest BCUT2D eigenvalue weighted by atomic mass is 16.5. The topological polar surface area (TPSA) is 24.5 Å². The Morgan fingerprint density at radius 2 is 1.88 bits per heavy atom. The van der Waals surface area contributed by atoms with Crippen LogP contribution in [0.2, 0.25) is 0 Å². The van der Waals surface area contributed by atoms with Gasteiger partial charge in [0, 0.05) is 18.5 Å². The van der Waals surface area contributed by atoms with Crippen molar-refractivity contribution in [1.29, 1.82) is 0 Å². The van der Waals surface area contributed by atoms with Gasteiger partial charge < -0.3 is 9.64 Å². The van der Waals surface area contributed by atoms with Crippen LogP contribution in [0.25, 0.3) is 0 Å². The number of hydrogen-bond donors (Lipinski definition) is 1. The number of ether oxygens (including phenoxy) is 1. The Bertz CT molecular complexity index is 232. The molecule has 2 fully saturated rings. The zero-order valence-electron chi connectivity index (χ0n) is 11.1. The van der Waals surface area contributed by atoms with Crippen LogP contribution in [-0.2, 0) is 4.74 Å². The van der Waals surface area contributed by atoms with Crippen LogP contribution in [0.15, 0.2) is 0 Å². The van der Waals surface area contributed by atoms with Crippen molar-refractivity contribution in [2.75, 3.05) is 19.6 Å². The summed E-state index contributed by atoms with van der Waals surface area (Å²) in [7, 11) is 0. The first kappa shape index (κ1) is 12.3. The van der Waals surface area contributed by atoms with Gasteiger partial charge in [-0.3, -0.25) is 5.32 Å². The van der Waals surface area contributed by atoms with Gasteiger partial charge in [0.25, 0.3) is 0 Å². The SMILES string of the molecule is CC(C)N1CCC(C2NCC(C)(C)O2)CC1. The molecule has 0 radical (unpaired) electrons. The highest BCUT2D eigenvalue weighted by molar-refractivity contribution is 4.87.